The summed E-state index contributed by atoms with van der Waals surface area (Å²) in [6.45, 7) is 0. The van der Waals surface area contributed by atoms with Gasteiger partial charge in [0.05, 0.1) is 16.0 Å². The predicted octanol–water partition coefficient (Wildman–Crippen LogP) is -2.24. The van der Waals surface area contributed by atoms with Gasteiger partial charge in [-0.2, -0.15) is 0 Å². The second kappa shape index (κ2) is 5.04. The van der Waals surface area contributed by atoms with E-state index in [1.54, 1.807) is 0 Å². The SMILES string of the molecule is O=C([O-])c1nccc(Cl)c1Cl.[Na+]. The monoisotopic (exact) mass is 213 g/mol. The van der Waals surface area contributed by atoms with E-state index in [-0.39, 0.29) is 45.3 Å². The van der Waals surface area contributed by atoms with Crippen molar-refractivity contribution in [1.82, 2.24) is 4.98 Å². The molecule has 0 atom stereocenters. The summed E-state index contributed by atoms with van der Waals surface area (Å²) >= 11 is 11.0. The van der Waals surface area contributed by atoms with E-state index in [2.05, 4.69) is 4.98 Å². The van der Waals surface area contributed by atoms with Gasteiger partial charge in [-0.1, -0.05) is 23.2 Å². The largest absolute Gasteiger partial charge is 1.00 e. The maximum absolute atomic E-state index is 10.3. The molecular weight excluding hydrogens is 212 g/mol. The Balaban J connectivity index is 0.00000121. The molecule has 12 heavy (non-hydrogen) atoms. The number of hydrogen-bond donors (Lipinski definition) is 0. The predicted molar refractivity (Wildman–Crippen MR) is 38.6 cm³/mol. The molecule has 0 radical (unpaired) electrons. The zero-order valence-electron chi connectivity index (χ0n) is 6.17. The molecule has 0 N–H and O–H groups in total. The van der Waals surface area contributed by atoms with Gasteiger partial charge < -0.3 is 9.90 Å². The maximum atomic E-state index is 10.3. The van der Waals surface area contributed by atoms with Gasteiger partial charge >= 0.3 is 29.6 Å². The standard InChI is InChI=1S/C6H3Cl2NO2.Na/c7-3-1-2-9-5(4(3)8)6(10)11;/h1-2H,(H,10,11);/q;+1/p-1. The van der Waals surface area contributed by atoms with E-state index in [0.29, 0.717) is 0 Å². The molecule has 0 amide bonds. The molecule has 6 heteroatoms. The van der Waals surface area contributed by atoms with Crippen LogP contribution in [0.4, 0.5) is 0 Å². The number of halogens is 2. The fourth-order valence-electron chi connectivity index (χ4n) is 0.563. The summed E-state index contributed by atoms with van der Waals surface area (Å²) in [5.41, 5.74) is -0.334. The van der Waals surface area contributed by atoms with Crippen LogP contribution >= 0.6 is 23.2 Å². The average molecular weight is 214 g/mol. The molecule has 0 bridgehead atoms. The van der Waals surface area contributed by atoms with E-state index >= 15 is 0 Å². The first kappa shape index (κ1) is 12.2. The second-order valence-electron chi connectivity index (χ2n) is 1.74. The first-order chi connectivity index (χ1) is 5.13. The first-order valence-corrected chi connectivity index (χ1v) is 3.40. The Morgan fingerprint density at radius 1 is 1.50 bits per heavy atom. The van der Waals surface area contributed by atoms with Gasteiger partial charge in [0.2, 0.25) is 0 Å². The minimum absolute atomic E-state index is 0. The van der Waals surface area contributed by atoms with Gasteiger partial charge in [-0.25, -0.2) is 0 Å². The number of carboxylic acid groups (broad SMARTS) is 1. The summed E-state index contributed by atoms with van der Waals surface area (Å²) in [5, 5.41) is 10.3. The molecule has 0 unspecified atom stereocenters. The molecule has 0 fully saturated rings. The van der Waals surface area contributed by atoms with Crippen LogP contribution in [0.25, 0.3) is 0 Å². The van der Waals surface area contributed by atoms with E-state index in [0.717, 1.165) is 0 Å². The Hall–Kier alpha value is 0.200. The van der Waals surface area contributed by atoms with Crippen LogP contribution in [0.5, 0.6) is 0 Å². The number of hydrogen-bond acceptors (Lipinski definition) is 3. The molecule has 0 aliphatic rings. The van der Waals surface area contributed by atoms with E-state index in [9.17, 15) is 9.90 Å². The third-order valence-corrected chi connectivity index (χ3v) is 1.83. The Kier molecular flexibility index (Phi) is 5.13. The van der Waals surface area contributed by atoms with Gasteiger partial charge in [0.1, 0.15) is 5.69 Å². The van der Waals surface area contributed by atoms with E-state index in [1.165, 1.54) is 12.3 Å². The van der Waals surface area contributed by atoms with E-state index < -0.39 is 5.97 Å². The molecule has 58 valence electrons. The molecule has 0 aliphatic carbocycles. The fraction of sp³-hybridized carbons (Fsp3) is 0. The molecule has 0 saturated carbocycles. The number of aromatic nitrogens is 1. The summed E-state index contributed by atoms with van der Waals surface area (Å²) in [4.78, 5) is 13.7. The van der Waals surface area contributed by atoms with Crippen molar-refractivity contribution >= 4 is 29.2 Å². The van der Waals surface area contributed by atoms with Crippen molar-refractivity contribution in [2.75, 3.05) is 0 Å². The fourth-order valence-corrected chi connectivity index (χ4v) is 0.897. The number of aromatic carboxylic acids is 1. The molecule has 3 nitrogen and oxygen atoms in total. The number of carbonyl (C=O) groups is 1. The number of nitrogens with zero attached hydrogens (tertiary/aromatic N) is 1. The van der Waals surface area contributed by atoms with Crippen molar-refractivity contribution in [2.45, 2.75) is 0 Å². The first-order valence-electron chi connectivity index (χ1n) is 2.64. The summed E-state index contributed by atoms with van der Waals surface area (Å²) in [6.07, 6.45) is 1.25. The minimum Gasteiger partial charge on any atom is -0.543 e. The number of rotatable bonds is 1. The smallest absolute Gasteiger partial charge is 0.543 e. The quantitative estimate of drug-likeness (QED) is 0.496. The summed E-state index contributed by atoms with van der Waals surface area (Å²) in [6, 6.07) is 1.40. The normalized spacial score (nSPS) is 8.83. The van der Waals surface area contributed by atoms with Crippen LogP contribution in [0.1, 0.15) is 10.5 Å². The minimum atomic E-state index is -1.43. The molecule has 1 rings (SSSR count). The van der Waals surface area contributed by atoms with Crippen molar-refractivity contribution in [1.29, 1.82) is 0 Å². The van der Waals surface area contributed by atoms with Gasteiger partial charge in [-0.15, -0.1) is 0 Å². The zero-order valence-corrected chi connectivity index (χ0v) is 9.69. The van der Waals surface area contributed by atoms with Crippen LogP contribution < -0.4 is 34.7 Å². The Morgan fingerprint density at radius 2 is 2.08 bits per heavy atom. The van der Waals surface area contributed by atoms with Crippen molar-refractivity contribution in [3.8, 4) is 0 Å². The van der Waals surface area contributed by atoms with E-state index in [1.807, 2.05) is 0 Å². The molecule has 1 aromatic heterocycles. The zero-order chi connectivity index (χ0) is 8.43. The van der Waals surface area contributed by atoms with E-state index in [4.69, 9.17) is 23.2 Å². The van der Waals surface area contributed by atoms with Gasteiger partial charge in [0.25, 0.3) is 0 Å². The van der Waals surface area contributed by atoms with Gasteiger partial charge in [-0.05, 0) is 6.07 Å². The van der Waals surface area contributed by atoms with Gasteiger partial charge in [0.15, 0.2) is 0 Å². The average Bonchev–Trinajstić information content (AvgIpc) is 1.94. The maximum Gasteiger partial charge on any atom is 1.00 e. The Morgan fingerprint density at radius 3 is 2.50 bits per heavy atom. The third kappa shape index (κ3) is 2.61. The summed E-state index contributed by atoms with van der Waals surface area (Å²) in [7, 11) is 0. The van der Waals surface area contributed by atoms with Crippen molar-refractivity contribution in [3.63, 3.8) is 0 Å². The molecule has 0 aliphatic heterocycles. The second-order valence-corrected chi connectivity index (χ2v) is 2.53. The third-order valence-electron chi connectivity index (χ3n) is 1.04. The molecule has 0 saturated heterocycles. The van der Waals surface area contributed by atoms with Crippen LogP contribution in [0.2, 0.25) is 10.0 Å². The van der Waals surface area contributed by atoms with Crippen LogP contribution in [-0.2, 0) is 0 Å². The van der Waals surface area contributed by atoms with Crippen LogP contribution in [-0.4, -0.2) is 11.0 Å². The topological polar surface area (TPSA) is 53.0 Å². The summed E-state index contributed by atoms with van der Waals surface area (Å²) in [5.74, 6) is -1.43. The number of pyridine rings is 1. The Labute approximate surface area is 101 Å². The van der Waals surface area contributed by atoms with Crippen molar-refractivity contribution < 1.29 is 39.5 Å². The Bertz CT molecular complexity index is 306. The van der Waals surface area contributed by atoms with Crippen LogP contribution in [0.3, 0.4) is 0 Å². The molecular formula is C6H2Cl2NNaO2. The van der Waals surface area contributed by atoms with Gasteiger partial charge in [-0.3, -0.25) is 4.98 Å². The number of carboxylic acids is 1. The van der Waals surface area contributed by atoms with Gasteiger partial charge in [0, 0.05) is 6.20 Å². The molecule has 1 heterocycles. The number of carbonyl (C=O) groups excluding carboxylic acids is 1. The molecule has 1 aromatic rings. The van der Waals surface area contributed by atoms with Crippen molar-refractivity contribution in [3.05, 3.63) is 28.0 Å². The molecule has 0 aromatic carbocycles. The van der Waals surface area contributed by atoms with Crippen molar-refractivity contribution in [2.24, 2.45) is 0 Å². The van der Waals surface area contributed by atoms with Crippen LogP contribution in [0, 0.1) is 0 Å². The van der Waals surface area contributed by atoms with Crippen LogP contribution in [0.15, 0.2) is 12.3 Å². The summed E-state index contributed by atoms with van der Waals surface area (Å²) < 4.78 is 0. The molecule has 0 spiro atoms.